The van der Waals surface area contributed by atoms with Crippen LogP contribution in [0.5, 0.6) is 0 Å². The molecule has 0 bridgehead atoms. The molecule has 0 spiro atoms. The van der Waals surface area contributed by atoms with E-state index >= 15 is 0 Å². The average molecular weight is 317 g/mol. The maximum atomic E-state index is 12.9. The summed E-state index contributed by atoms with van der Waals surface area (Å²) in [7, 11) is 1.84. The van der Waals surface area contributed by atoms with Crippen molar-refractivity contribution in [1.82, 2.24) is 15.1 Å². The molecule has 23 heavy (non-hydrogen) atoms. The summed E-state index contributed by atoms with van der Waals surface area (Å²) >= 11 is 0. The Labute approximate surface area is 138 Å². The lowest BCUT2D eigenvalue weighted by Crippen LogP contribution is -2.45. The number of nitrogens with one attached hydrogen (secondary N) is 1. The summed E-state index contributed by atoms with van der Waals surface area (Å²) in [5.41, 5.74) is 0.922. The Hall–Kier alpha value is -1.88. The van der Waals surface area contributed by atoms with Gasteiger partial charge in [0.2, 0.25) is 11.8 Å². The topological polar surface area (TPSA) is 52.7 Å². The largest absolute Gasteiger partial charge is 0.352 e. The van der Waals surface area contributed by atoms with Crippen LogP contribution in [0.4, 0.5) is 0 Å². The van der Waals surface area contributed by atoms with Crippen molar-refractivity contribution in [2.24, 2.45) is 0 Å². The molecule has 5 heteroatoms. The van der Waals surface area contributed by atoms with Gasteiger partial charge in [0.15, 0.2) is 0 Å². The molecule has 1 aromatic rings. The second kappa shape index (κ2) is 8.11. The van der Waals surface area contributed by atoms with Crippen molar-refractivity contribution >= 4 is 11.8 Å². The molecular formula is C18H27N3O2. The predicted octanol–water partition coefficient (Wildman–Crippen LogP) is 1.81. The van der Waals surface area contributed by atoms with Crippen molar-refractivity contribution < 1.29 is 9.59 Å². The third kappa shape index (κ3) is 4.79. The van der Waals surface area contributed by atoms with E-state index in [-0.39, 0.29) is 18.4 Å². The number of benzene rings is 1. The first-order valence-electron chi connectivity index (χ1n) is 8.40. The molecule has 1 atom stereocenters. The van der Waals surface area contributed by atoms with Crippen LogP contribution in [0.25, 0.3) is 0 Å². The van der Waals surface area contributed by atoms with Gasteiger partial charge in [0, 0.05) is 19.1 Å². The standard InChI is InChI=1S/C18H27N3O2/c1-4-21(5-2)18(23)17(14-9-7-6-8-10-14)20(3)13-16(22)19-15-11-12-15/h6-10,15,17H,4-5,11-13H2,1-3H3,(H,19,22). The second-order valence-electron chi connectivity index (χ2n) is 6.08. The van der Waals surface area contributed by atoms with Gasteiger partial charge < -0.3 is 10.2 Å². The number of hydrogen-bond acceptors (Lipinski definition) is 3. The van der Waals surface area contributed by atoms with Crippen LogP contribution < -0.4 is 5.32 Å². The fourth-order valence-corrected chi connectivity index (χ4v) is 2.75. The van der Waals surface area contributed by atoms with E-state index in [9.17, 15) is 9.59 Å². The first kappa shape index (κ1) is 17.5. The smallest absolute Gasteiger partial charge is 0.244 e. The van der Waals surface area contributed by atoms with Gasteiger partial charge in [-0.3, -0.25) is 14.5 Å². The summed E-state index contributed by atoms with van der Waals surface area (Å²) in [6, 6.07) is 9.59. The number of rotatable bonds is 8. The quantitative estimate of drug-likeness (QED) is 0.795. The summed E-state index contributed by atoms with van der Waals surface area (Å²) in [6.07, 6.45) is 2.13. The van der Waals surface area contributed by atoms with Gasteiger partial charge in [-0.2, -0.15) is 0 Å². The Bertz CT molecular complexity index is 524. The third-order valence-corrected chi connectivity index (χ3v) is 4.20. The molecule has 0 heterocycles. The monoisotopic (exact) mass is 317 g/mol. The van der Waals surface area contributed by atoms with E-state index in [1.54, 1.807) is 0 Å². The Kier molecular flexibility index (Phi) is 6.16. The van der Waals surface area contributed by atoms with E-state index in [4.69, 9.17) is 0 Å². The number of carbonyl (C=O) groups excluding carboxylic acids is 2. The van der Waals surface area contributed by atoms with E-state index in [0.717, 1.165) is 18.4 Å². The molecule has 1 saturated carbocycles. The van der Waals surface area contributed by atoms with E-state index < -0.39 is 6.04 Å². The summed E-state index contributed by atoms with van der Waals surface area (Å²) in [5.74, 6) is 0.0335. The van der Waals surface area contributed by atoms with Gasteiger partial charge >= 0.3 is 0 Å². The SMILES string of the molecule is CCN(CC)C(=O)C(c1ccccc1)N(C)CC(=O)NC1CC1. The van der Waals surface area contributed by atoms with Crippen LogP contribution in [0, 0.1) is 0 Å². The minimum Gasteiger partial charge on any atom is -0.352 e. The number of amides is 2. The van der Waals surface area contributed by atoms with E-state index in [0.29, 0.717) is 19.1 Å². The molecule has 1 fully saturated rings. The zero-order valence-electron chi connectivity index (χ0n) is 14.3. The maximum Gasteiger partial charge on any atom is 0.244 e. The molecule has 0 aliphatic heterocycles. The lowest BCUT2D eigenvalue weighted by atomic mass is 10.0. The summed E-state index contributed by atoms with van der Waals surface area (Å²) in [5, 5.41) is 2.98. The van der Waals surface area contributed by atoms with Crippen molar-refractivity contribution in [1.29, 1.82) is 0 Å². The highest BCUT2D eigenvalue weighted by Gasteiger charge is 2.30. The molecule has 0 aromatic heterocycles. The Morgan fingerprint density at radius 1 is 1.17 bits per heavy atom. The number of carbonyl (C=O) groups is 2. The molecule has 1 unspecified atom stereocenters. The van der Waals surface area contributed by atoms with Crippen LogP contribution in [0.2, 0.25) is 0 Å². The van der Waals surface area contributed by atoms with Crippen LogP contribution >= 0.6 is 0 Å². The van der Waals surface area contributed by atoms with Crippen molar-refractivity contribution in [3.8, 4) is 0 Å². The molecule has 0 saturated heterocycles. The lowest BCUT2D eigenvalue weighted by molar-refractivity contribution is -0.137. The summed E-state index contributed by atoms with van der Waals surface area (Å²) in [4.78, 5) is 28.7. The zero-order chi connectivity index (χ0) is 16.8. The molecule has 1 aromatic carbocycles. The lowest BCUT2D eigenvalue weighted by Gasteiger charge is -2.31. The van der Waals surface area contributed by atoms with Crippen LogP contribution in [0.3, 0.4) is 0 Å². The van der Waals surface area contributed by atoms with Gasteiger partial charge in [-0.05, 0) is 39.3 Å². The highest BCUT2D eigenvalue weighted by molar-refractivity contribution is 5.85. The van der Waals surface area contributed by atoms with Gasteiger partial charge in [-0.1, -0.05) is 30.3 Å². The number of hydrogen-bond donors (Lipinski definition) is 1. The highest BCUT2D eigenvalue weighted by atomic mass is 16.2. The minimum atomic E-state index is -0.430. The second-order valence-corrected chi connectivity index (χ2v) is 6.08. The molecule has 1 aliphatic rings. The zero-order valence-corrected chi connectivity index (χ0v) is 14.3. The van der Waals surface area contributed by atoms with Crippen LogP contribution in [-0.2, 0) is 9.59 Å². The summed E-state index contributed by atoms with van der Waals surface area (Å²) in [6.45, 7) is 5.51. The molecule has 1 aliphatic carbocycles. The Morgan fingerprint density at radius 2 is 1.78 bits per heavy atom. The normalized spacial score (nSPS) is 15.3. The first-order valence-corrected chi connectivity index (χ1v) is 8.40. The molecule has 126 valence electrons. The molecule has 2 rings (SSSR count). The highest BCUT2D eigenvalue weighted by Crippen LogP contribution is 2.23. The molecule has 1 N–H and O–H groups in total. The number of nitrogens with zero attached hydrogens (tertiary/aromatic N) is 2. The third-order valence-electron chi connectivity index (χ3n) is 4.20. The van der Waals surface area contributed by atoms with Gasteiger partial charge in [0.05, 0.1) is 6.54 Å². The van der Waals surface area contributed by atoms with Crippen LogP contribution in [-0.4, -0.2) is 54.3 Å². The van der Waals surface area contributed by atoms with E-state index in [1.807, 2.05) is 61.0 Å². The minimum absolute atomic E-state index is 0.0109. The van der Waals surface area contributed by atoms with Gasteiger partial charge in [0.1, 0.15) is 6.04 Å². The van der Waals surface area contributed by atoms with Gasteiger partial charge in [0.25, 0.3) is 0 Å². The maximum absolute atomic E-state index is 12.9. The molecule has 2 amide bonds. The average Bonchev–Trinajstić information content (AvgIpc) is 3.33. The van der Waals surface area contributed by atoms with Crippen molar-refractivity contribution in [2.75, 3.05) is 26.7 Å². The van der Waals surface area contributed by atoms with Crippen molar-refractivity contribution in [3.05, 3.63) is 35.9 Å². The fourth-order valence-electron chi connectivity index (χ4n) is 2.75. The van der Waals surface area contributed by atoms with Crippen LogP contribution in [0.15, 0.2) is 30.3 Å². The Balaban J connectivity index is 2.14. The van der Waals surface area contributed by atoms with Crippen LogP contribution in [0.1, 0.15) is 38.3 Å². The predicted molar refractivity (Wildman–Crippen MR) is 90.9 cm³/mol. The van der Waals surface area contributed by atoms with Crippen molar-refractivity contribution in [2.45, 2.75) is 38.8 Å². The summed E-state index contributed by atoms with van der Waals surface area (Å²) < 4.78 is 0. The Morgan fingerprint density at radius 3 is 2.30 bits per heavy atom. The van der Waals surface area contributed by atoms with Gasteiger partial charge in [-0.15, -0.1) is 0 Å². The van der Waals surface area contributed by atoms with E-state index in [2.05, 4.69) is 5.32 Å². The van der Waals surface area contributed by atoms with Gasteiger partial charge in [-0.25, -0.2) is 0 Å². The van der Waals surface area contributed by atoms with E-state index in [1.165, 1.54) is 0 Å². The fraction of sp³-hybridized carbons (Fsp3) is 0.556. The molecule has 5 nitrogen and oxygen atoms in total. The van der Waals surface area contributed by atoms with Crippen molar-refractivity contribution in [3.63, 3.8) is 0 Å². The molecule has 0 radical (unpaired) electrons. The number of likely N-dealkylation sites (N-methyl/N-ethyl adjacent to an activating group) is 2. The first-order chi connectivity index (χ1) is 11.1. The molecular weight excluding hydrogens is 290 g/mol.